The minimum atomic E-state index is -4.92. The van der Waals surface area contributed by atoms with Crippen molar-refractivity contribution in [3.8, 4) is 0 Å². The highest BCUT2D eigenvalue weighted by molar-refractivity contribution is 7.47. The quantitative estimate of drug-likeness (QED) is 0.0117. The van der Waals surface area contributed by atoms with Gasteiger partial charge in [-0.1, -0.05) is 246 Å². The summed E-state index contributed by atoms with van der Waals surface area (Å²) in [7, 11) is -9.84. The zero-order valence-corrected chi connectivity index (χ0v) is 70.8. The van der Waals surface area contributed by atoms with E-state index in [1.807, 2.05) is 0 Å². The van der Waals surface area contributed by atoms with Crippen LogP contribution in [0.1, 0.15) is 350 Å². The summed E-state index contributed by atoms with van der Waals surface area (Å²) in [6, 6.07) is -2.03. The lowest BCUT2D eigenvalue weighted by Gasteiger charge is -2.23. The predicted octanol–water partition coefficient (Wildman–Crippen LogP) is 15.7. The summed E-state index contributed by atoms with van der Waals surface area (Å²) in [5.74, 6) is -4.40. The summed E-state index contributed by atoms with van der Waals surface area (Å²) in [4.78, 5) is 101. The normalized spacial score (nSPS) is 15.1. The first-order valence-electron chi connectivity index (χ1n) is 43.0. The van der Waals surface area contributed by atoms with Gasteiger partial charge >= 0.3 is 27.6 Å². The molecule has 26 nitrogen and oxygen atoms in total. The van der Waals surface area contributed by atoms with Crippen molar-refractivity contribution in [2.24, 2.45) is 0 Å². The third-order valence-electron chi connectivity index (χ3n) is 18.8. The molecule has 10 N–H and O–H groups in total. The molecule has 0 saturated heterocycles. The molecule has 646 valence electrons. The number of allylic oxidation sites excluding steroid dienone is 4. The van der Waals surface area contributed by atoms with E-state index in [4.69, 9.17) is 37.0 Å². The second-order valence-corrected chi connectivity index (χ2v) is 32.4. The average molecular weight is 1610 g/mol. The Balaban J connectivity index is 5.80. The number of aliphatic hydroxyl groups excluding tert-OH is 4. The number of nitrogens with one attached hydrogen (secondary N) is 4. The van der Waals surface area contributed by atoms with Crippen LogP contribution < -0.4 is 21.3 Å². The molecule has 0 aromatic carbocycles. The molecule has 0 aliphatic carbocycles. The number of unbranched alkanes of at least 4 members (excludes halogenated alkanes) is 30. The molecule has 0 bridgehead atoms. The summed E-state index contributed by atoms with van der Waals surface area (Å²) in [6.07, 6.45) is 42.7. The number of phosphoric ester groups is 2. The number of amides is 4. The van der Waals surface area contributed by atoms with Crippen molar-refractivity contribution in [2.75, 3.05) is 65.9 Å². The Bertz CT molecular complexity index is 2420. The van der Waals surface area contributed by atoms with E-state index in [0.717, 1.165) is 167 Å². The smallest absolute Gasteiger partial charge is 0.462 e. The third kappa shape index (κ3) is 67.6. The fourth-order valence-electron chi connectivity index (χ4n) is 12.1. The van der Waals surface area contributed by atoms with Crippen LogP contribution in [-0.2, 0) is 74.9 Å². The monoisotopic (exact) mass is 1610 g/mol. The van der Waals surface area contributed by atoms with Crippen molar-refractivity contribution >= 4 is 51.2 Å². The standard InChI is InChI=1S/C82H156N4O22P2/c1-7-13-19-25-28-31-34-40-46-52-74(108-78(92)54-48-42-36-33-30-27-21-15-9-3)64-76(90)86-70(66-102-60-56-72(88)50-44-38-23-17-11-5)68-106-110(99,100)104-62-58-84-82(96)80(94)79(93)81(95)83-57-61-103-109(97,98)105-67-69(65-101-59-55-71(87)49-43-37-22-16-10-4)85-75(89)63-73(51-45-39-24-18-12-6)107-77(91)53-47-41-35-32-29-26-20-14-8-2/h32-33,35-36,69-74,79-80,87-88,93-94H,7-31,34,37-68H2,1-6H3,(H,83,95)(H,84,96)(H,85,89)(H,86,90)(H,97,98)(H,99,100)/b35-32+,36-33+/t69?,70?,71-,72-,73-,74-,79+,80-/m1/s1. The van der Waals surface area contributed by atoms with Gasteiger partial charge in [-0.25, -0.2) is 9.13 Å². The predicted molar refractivity (Wildman–Crippen MR) is 433 cm³/mol. The Morgan fingerprint density at radius 2 is 0.636 bits per heavy atom. The van der Waals surface area contributed by atoms with Gasteiger partial charge in [-0.15, -0.1) is 0 Å². The molecule has 0 aromatic rings. The van der Waals surface area contributed by atoms with Gasteiger partial charge in [0.15, 0.2) is 12.2 Å². The van der Waals surface area contributed by atoms with Gasteiger partial charge in [0.25, 0.3) is 11.8 Å². The van der Waals surface area contributed by atoms with Crippen molar-refractivity contribution in [2.45, 2.75) is 398 Å². The Hall–Kier alpha value is -3.72. The van der Waals surface area contributed by atoms with Crippen LogP contribution >= 0.6 is 15.6 Å². The van der Waals surface area contributed by atoms with Crippen LogP contribution in [-0.4, -0.2) is 180 Å². The van der Waals surface area contributed by atoms with Crippen LogP contribution in [0.3, 0.4) is 0 Å². The molecular weight excluding hydrogens is 1450 g/mol. The maximum absolute atomic E-state index is 13.8. The van der Waals surface area contributed by atoms with Crippen LogP contribution in [0.25, 0.3) is 0 Å². The molecule has 0 rings (SSSR count). The lowest BCUT2D eigenvalue weighted by Crippen LogP contribution is -2.50. The van der Waals surface area contributed by atoms with Gasteiger partial charge in [0, 0.05) is 39.1 Å². The Morgan fingerprint density at radius 3 is 0.964 bits per heavy atom. The van der Waals surface area contributed by atoms with Crippen LogP contribution in [0.15, 0.2) is 24.3 Å². The van der Waals surface area contributed by atoms with Crippen molar-refractivity contribution in [1.82, 2.24) is 21.3 Å². The molecule has 4 unspecified atom stereocenters. The van der Waals surface area contributed by atoms with Crippen molar-refractivity contribution in [1.29, 1.82) is 0 Å². The summed E-state index contributed by atoms with van der Waals surface area (Å²) < 4.78 is 70.5. The maximum atomic E-state index is 13.8. The second kappa shape index (κ2) is 74.1. The largest absolute Gasteiger partial charge is 0.472 e. The topological polar surface area (TPSA) is 380 Å². The number of phosphoric acid groups is 2. The number of hydrogen-bond donors (Lipinski definition) is 10. The highest BCUT2D eigenvalue weighted by Gasteiger charge is 2.32. The number of esters is 2. The van der Waals surface area contributed by atoms with Gasteiger partial charge in [0.05, 0.1) is 76.8 Å². The molecule has 0 aliphatic heterocycles. The van der Waals surface area contributed by atoms with E-state index in [0.29, 0.717) is 51.4 Å². The minimum Gasteiger partial charge on any atom is -0.462 e. The molecular formula is C82H156N4O22P2. The van der Waals surface area contributed by atoms with Crippen LogP contribution in [0.5, 0.6) is 0 Å². The Labute approximate surface area is 663 Å². The van der Waals surface area contributed by atoms with Gasteiger partial charge in [0.1, 0.15) is 12.2 Å². The first kappa shape index (κ1) is 106. The number of carbonyl (C=O) groups excluding carboxylic acids is 6. The molecule has 0 heterocycles. The van der Waals surface area contributed by atoms with E-state index < -0.39 is 139 Å². The average Bonchev–Trinajstić information content (AvgIpc) is 0.899. The molecule has 10 atom stereocenters. The molecule has 0 radical (unpaired) electrons. The first-order chi connectivity index (χ1) is 53.0. The fourth-order valence-corrected chi connectivity index (χ4v) is 13.7. The zero-order chi connectivity index (χ0) is 81.4. The Kier molecular flexibility index (Phi) is 71.6. The summed E-state index contributed by atoms with van der Waals surface area (Å²) in [5.41, 5.74) is 0. The molecule has 0 fully saturated rings. The highest BCUT2D eigenvalue weighted by atomic mass is 31.2. The van der Waals surface area contributed by atoms with Gasteiger partial charge in [0.2, 0.25) is 11.8 Å². The van der Waals surface area contributed by atoms with Gasteiger partial charge in [-0.3, -0.25) is 46.9 Å². The van der Waals surface area contributed by atoms with Gasteiger partial charge in [-0.05, 0) is 103 Å². The van der Waals surface area contributed by atoms with E-state index in [1.165, 1.54) is 64.2 Å². The Morgan fingerprint density at radius 1 is 0.345 bits per heavy atom. The summed E-state index contributed by atoms with van der Waals surface area (Å²) in [5, 5.41) is 52.3. The first-order valence-corrected chi connectivity index (χ1v) is 46.0. The van der Waals surface area contributed by atoms with Crippen molar-refractivity contribution < 1.29 is 105 Å². The van der Waals surface area contributed by atoms with E-state index in [2.05, 4.69) is 87.1 Å². The molecule has 4 amide bonds. The highest BCUT2D eigenvalue weighted by Crippen LogP contribution is 2.44. The van der Waals surface area contributed by atoms with E-state index >= 15 is 0 Å². The summed E-state index contributed by atoms with van der Waals surface area (Å²) in [6.45, 7) is 9.19. The third-order valence-corrected chi connectivity index (χ3v) is 20.8. The van der Waals surface area contributed by atoms with E-state index in [9.17, 15) is 68.1 Å². The second-order valence-electron chi connectivity index (χ2n) is 29.5. The SMILES string of the molecule is CCCCCC/C=C/CCCC(=O)O[C@H](CCCCCCC)CC(=O)NC(COCC[C@H](O)CCCCCCC)COP(=O)(O)OCCNC(=O)[C@@H](O)[C@@H](O)C(=O)NCCOP(=O)(O)OCC(COCC[C@H](O)CCCCCCC)NC(=O)C[C@@H](CCCCCCCCCCC)OC(=O)CCC/C=C/CCCCCC. The number of carbonyl (C=O) groups is 6. The summed E-state index contributed by atoms with van der Waals surface area (Å²) >= 11 is 0. The number of hydrogen-bond acceptors (Lipinski definition) is 20. The van der Waals surface area contributed by atoms with Gasteiger partial charge in [-0.2, -0.15) is 0 Å². The number of rotatable bonds is 81. The lowest BCUT2D eigenvalue weighted by molar-refractivity contribution is -0.152. The van der Waals surface area contributed by atoms with Crippen molar-refractivity contribution in [3.05, 3.63) is 24.3 Å². The van der Waals surface area contributed by atoms with E-state index in [1.54, 1.807) is 0 Å². The van der Waals surface area contributed by atoms with E-state index in [-0.39, 0.29) is 52.1 Å². The maximum Gasteiger partial charge on any atom is 0.472 e. The fraction of sp³-hybridized carbons (Fsp3) is 0.878. The minimum absolute atomic E-state index is 0.111. The molecule has 0 aliphatic rings. The van der Waals surface area contributed by atoms with Gasteiger partial charge < -0.3 is 70.4 Å². The van der Waals surface area contributed by atoms with Crippen LogP contribution in [0, 0.1) is 0 Å². The lowest BCUT2D eigenvalue weighted by atomic mass is 10.0. The van der Waals surface area contributed by atoms with Crippen molar-refractivity contribution in [3.63, 3.8) is 0 Å². The molecule has 0 aromatic heterocycles. The molecule has 110 heavy (non-hydrogen) atoms. The zero-order valence-electron chi connectivity index (χ0n) is 69.1. The molecule has 28 heteroatoms. The van der Waals surface area contributed by atoms with Crippen LogP contribution in [0.4, 0.5) is 0 Å². The number of ether oxygens (including phenoxy) is 4. The van der Waals surface area contributed by atoms with Crippen LogP contribution in [0.2, 0.25) is 0 Å². The molecule has 0 spiro atoms. The molecule has 0 saturated carbocycles. The number of aliphatic hydroxyl groups is 4.